The highest BCUT2D eigenvalue weighted by Crippen LogP contribution is 2.19. The van der Waals surface area contributed by atoms with Crippen molar-refractivity contribution in [2.45, 2.75) is 13.0 Å². The predicted molar refractivity (Wildman–Crippen MR) is 91.6 cm³/mol. The van der Waals surface area contributed by atoms with Gasteiger partial charge in [-0.15, -0.1) is 0 Å². The largest absolute Gasteiger partial charge is 0.489 e. The highest BCUT2D eigenvalue weighted by atomic mass is 19.1. The van der Waals surface area contributed by atoms with Crippen LogP contribution in [0.15, 0.2) is 72.8 Å². The minimum absolute atomic E-state index is 0.219. The van der Waals surface area contributed by atoms with E-state index < -0.39 is 11.6 Å². The quantitative estimate of drug-likeness (QED) is 0.593. The summed E-state index contributed by atoms with van der Waals surface area (Å²) in [5.41, 5.74) is 1.14. The van der Waals surface area contributed by atoms with Gasteiger partial charge in [0.2, 0.25) is 0 Å². The zero-order valence-corrected chi connectivity index (χ0v) is 13.4. The molecule has 0 aliphatic carbocycles. The van der Waals surface area contributed by atoms with Crippen LogP contribution < -0.4 is 4.74 Å². The Labute approximate surface area is 144 Å². The third kappa shape index (κ3) is 4.29. The molecule has 0 fully saturated rings. The van der Waals surface area contributed by atoms with E-state index >= 15 is 0 Å². The van der Waals surface area contributed by atoms with E-state index in [4.69, 9.17) is 4.74 Å². The van der Waals surface area contributed by atoms with Gasteiger partial charge in [0, 0.05) is 17.5 Å². The Kier molecular flexibility index (Phi) is 5.19. The Morgan fingerprint density at radius 1 is 0.840 bits per heavy atom. The van der Waals surface area contributed by atoms with E-state index in [0.29, 0.717) is 17.9 Å². The lowest BCUT2D eigenvalue weighted by atomic mass is 10.0. The Morgan fingerprint density at radius 2 is 1.52 bits per heavy atom. The number of rotatable bonds is 6. The highest BCUT2D eigenvalue weighted by molar-refractivity contribution is 5.97. The molecule has 0 atom stereocenters. The number of Topliss-reactive ketones (excluding diaryl/α,β-unsaturated/α-hetero) is 1. The smallest absolute Gasteiger partial charge is 0.167 e. The first kappa shape index (κ1) is 16.8. The minimum Gasteiger partial charge on any atom is -0.489 e. The van der Waals surface area contributed by atoms with Gasteiger partial charge >= 0.3 is 0 Å². The van der Waals surface area contributed by atoms with Gasteiger partial charge in [-0.2, -0.15) is 0 Å². The van der Waals surface area contributed by atoms with Crippen molar-refractivity contribution in [3.05, 3.63) is 101 Å². The van der Waals surface area contributed by atoms with Crippen molar-refractivity contribution in [3.63, 3.8) is 0 Å². The molecule has 3 aromatic carbocycles. The molecule has 0 heterocycles. The van der Waals surface area contributed by atoms with Gasteiger partial charge in [-0.1, -0.05) is 48.5 Å². The van der Waals surface area contributed by atoms with Gasteiger partial charge in [0.05, 0.1) is 0 Å². The number of hydrogen-bond donors (Lipinski definition) is 0. The first-order valence-electron chi connectivity index (χ1n) is 7.86. The summed E-state index contributed by atoms with van der Waals surface area (Å²) in [6.45, 7) is 0.375. The molecule has 0 N–H and O–H groups in total. The van der Waals surface area contributed by atoms with E-state index in [1.807, 2.05) is 30.3 Å². The average Bonchev–Trinajstić information content (AvgIpc) is 2.64. The van der Waals surface area contributed by atoms with Crippen molar-refractivity contribution >= 4 is 5.78 Å². The lowest BCUT2D eigenvalue weighted by Gasteiger charge is -2.08. The molecule has 0 aliphatic heterocycles. The molecule has 0 unspecified atom stereocenters. The molecule has 0 bridgehead atoms. The third-order valence-electron chi connectivity index (χ3n) is 3.80. The van der Waals surface area contributed by atoms with Crippen molar-refractivity contribution in [2.75, 3.05) is 0 Å². The number of carbonyl (C=O) groups excluding carboxylic acids is 1. The van der Waals surface area contributed by atoms with Crippen molar-refractivity contribution in [2.24, 2.45) is 0 Å². The van der Waals surface area contributed by atoms with Gasteiger partial charge in [-0.3, -0.25) is 4.79 Å². The second-order valence-corrected chi connectivity index (χ2v) is 5.60. The molecule has 3 rings (SSSR count). The maximum atomic E-state index is 13.7. The number of benzene rings is 3. The number of ether oxygens (including phenoxy) is 1. The molecule has 0 saturated carbocycles. The van der Waals surface area contributed by atoms with E-state index in [1.165, 1.54) is 6.07 Å². The van der Waals surface area contributed by atoms with E-state index in [-0.39, 0.29) is 17.8 Å². The summed E-state index contributed by atoms with van der Waals surface area (Å²) in [5.74, 6) is -1.27. The van der Waals surface area contributed by atoms with Gasteiger partial charge in [-0.05, 0) is 29.8 Å². The number of ketones is 1. The maximum Gasteiger partial charge on any atom is 0.167 e. The topological polar surface area (TPSA) is 26.3 Å². The zero-order valence-electron chi connectivity index (χ0n) is 13.4. The van der Waals surface area contributed by atoms with Crippen molar-refractivity contribution in [1.29, 1.82) is 0 Å². The Morgan fingerprint density at radius 3 is 2.24 bits per heavy atom. The molecule has 0 radical (unpaired) electrons. The maximum absolute atomic E-state index is 13.7. The van der Waals surface area contributed by atoms with Crippen LogP contribution in [0.25, 0.3) is 0 Å². The number of halogens is 2. The summed E-state index contributed by atoms with van der Waals surface area (Å²) in [7, 11) is 0. The van der Waals surface area contributed by atoms with E-state index in [2.05, 4.69) is 0 Å². The van der Waals surface area contributed by atoms with Gasteiger partial charge in [0.1, 0.15) is 24.0 Å². The summed E-state index contributed by atoms with van der Waals surface area (Å²) < 4.78 is 33.1. The van der Waals surface area contributed by atoms with Crippen molar-refractivity contribution in [1.82, 2.24) is 0 Å². The molecular weight excluding hydrogens is 322 g/mol. The lowest BCUT2D eigenvalue weighted by Crippen LogP contribution is -2.07. The minimum atomic E-state index is -0.718. The Bertz CT molecular complexity index is 856. The van der Waals surface area contributed by atoms with Gasteiger partial charge in [0.25, 0.3) is 0 Å². The molecule has 3 aromatic rings. The van der Waals surface area contributed by atoms with E-state index in [1.54, 1.807) is 24.3 Å². The third-order valence-corrected chi connectivity index (χ3v) is 3.80. The van der Waals surface area contributed by atoms with Gasteiger partial charge in [-0.25, -0.2) is 8.78 Å². The zero-order chi connectivity index (χ0) is 17.6. The SMILES string of the molecule is O=C(Cc1c(F)cccc1F)c1cccc(OCc2ccccc2)c1. The average molecular weight is 338 g/mol. The molecule has 0 aromatic heterocycles. The van der Waals surface area contributed by atoms with Crippen LogP contribution >= 0.6 is 0 Å². The van der Waals surface area contributed by atoms with Gasteiger partial charge in [0.15, 0.2) is 5.78 Å². The number of carbonyl (C=O) groups is 1. The molecule has 0 saturated heterocycles. The highest BCUT2D eigenvalue weighted by Gasteiger charge is 2.15. The summed E-state index contributed by atoms with van der Waals surface area (Å²) in [4.78, 5) is 12.4. The molecule has 4 heteroatoms. The van der Waals surface area contributed by atoms with E-state index in [9.17, 15) is 13.6 Å². The van der Waals surface area contributed by atoms with Gasteiger partial charge < -0.3 is 4.74 Å². The van der Waals surface area contributed by atoms with E-state index in [0.717, 1.165) is 17.7 Å². The van der Waals surface area contributed by atoms with Crippen LogP contribution in [0.1, 0.15) is 21.5 Å². The fourth-order valence-corrected chi connectivity index (χ4v) is 2.46. The summed E-state index contributed by atoms with van der Waals surface area (Å²) >= 11 is 0. The van der Waals surface area contributed by atoms with Crippen molar-refractivity contribution in [3.8, 4) is 5.75 Å². The van der Waals surface area contributed by atoms with Crippen LogP contribution in [0, 0.1) is 11.6 Å². The van der Waals surface area contributed by atoms with Crippen LogP contribution in [-0.4, -0.2) is 5.78 Å². The van der Waals surface area contributed by atoms with Crippen LogP contribution in [0.4, 0.5) is 8.78 Å². The standard InChI is InChI=1S/C21H16F2O2/c22-19-10-5-11-20(23)18(19)13-21(24)16-8-4-9-17(12-16)25-14-15-6-2-1-3-7-15/h1-12H,13-14H2. The molecular formula is C21H16F2O2. The number of hydrogen-bond acceptors (Lipinski definition) is 2. The summed E-state index contributed by atoms with van der Waals surface area (Å²) in [6.07, 6.45) is -0.333. The molecule has 0 amide bonds. The fourth-order valence-electron chi connectivity index (χ4n) is 2.46. The molecule has 2 nitrogen and oxygen atoms in total. The molecule has 0 spiro atoms. The van der Waals surface area contributed by atoms with Crippen LogP contribution in [0.5, 0.6) is 5.75 Å². The fraction of sp³-hybridized carbons (Fsp3) is 0.0952. The Hall–Kier alpha value is -3.01. The van der Waals surface area contributed by atoms with Crippen LogP contribution in [0.3, 0.4) is 0 Å². The summed E-state index contributed by atoms with van der Waals surface area (Å²) in [6, 6.07) is 19.8. The first-order chi connectivity index (χ1) is 12.1. The van der Waals surface area contributed by atoms with Crippen molar-refractivity contribution < 1.29 is 18.3 Å². The second-order valence-electron chi connectivity index (χ2n) is 5.60. The second kappa shape index (κ2) is 7.71. The predicted octanol–water partition coefficient (Wildman–Crippen LogP) is 4.97. The monoisotopic (exact) mass is 338 g/mol. The van der Waals surface area contributed by atoms with Crippen LogP contribution in [-0.2, 0) is 13.0 Å². The normalized spacial score (nSPS) is 10.5. The molecule has 0 aliphatic rings. The molecule has 126 valence electrons. The van der Waals surface area contributed by atoms with Crippen LogP contribution in [0.2, 0.25) is 0 Å². The Balaban J connectivity index is 1.71. The summed E-state index contributed by atoms with van der Waals surface area (Å²) in [5, 5.41) is 0. The first-order valence-corrected chi connectivity index (χ1v) is 7.86. The molecule has 25 heavy (non-hydrogen) atoms. The lowest BCUT2D eigenvalue weighted by molar-refractivity contribution is 0.0990.